The van der Waals surface area contributed by atoms with Gasteiger partial charge in [-0.15, -0.1) is 11.3 Å². The molecule has 0 radical (unpaired) electrons. The number of anilines is 1. The maximum Gasteiger partial charge on any atom is 0.282 e. The van der Waals surface area contributed by atoms with Gasteiger partial charge < -0.3 is 19.3 Å². The highest BCUT2D eigenvalue weighted by atomic mass is 32.1. The summed E-state index contributed by atoms with van der Waals surface area (Å²) in [6.45, 7) is 6.27. The van der Waals surface area contributed by atoms with Crippen molar-refractivity contribution in [3.63, 3.8) is 0 Å². The fourth-order valence-corrected chi connectivity index (χ4v) is 4.69. The molecule has 0 atom stereocenters. The molecule has 1 aromatic heterocycles. The van der Waals surface area contributed by atoms with Crippen LogP contribution in [0.25, 0.3) is 5.57 Å². The van der Waals surface area contributed by atoms with E-state index in [1.54, 1.807) is 25.3 Å². The lowest BCUT2D eigenvalue weighted by atomic mass is 10.1. The summed E-state index contributed by atoms with van der Waals surface area (Å²) in [4.78, 5) is 33.6. The summed E-state index contributed by atoms with van der Waals surface area (Å²) in [6.07, 6.45) is 0. The molecule has 2 aliphatic rings. The van der Waals surface area contributed by atoms with Gasteiger partial charge in [-0.25, -0.2) is 4.90 Å². The molecule has 2 aliphatic heterocycles. The number of hydrogen-bond donors (Lipinski definition) is 0. The molecule has 0 bridgehead atoms. The molecule has 1 saturated heterocycles. The number of carbonyl (C=O) groups is 2. The fraction of sp³-hybridized carbons (Fsp3) is 0.364. The number of carbonyl (C=O) groups excluding carboxylic acids is 2. The summed E-state index contributed by atoms with van der Waals surface area (Å²) in [5.41, 5.74) is 1.37. The molecule has 0 unspecified atom stereocenters. The molecule has 3 heterocycles. The van der Waals surface area contributed by atoms with Crippen molar-refractivity contribution in [2.45, 2.75) is 6.92 Å². The quantitative estimate of drug-likeness (QED) is 0.661. The monoisotopic (exact) mass is 427 g/mol. The van der Waals surface area contributed by atoms with Gasteiger partial charge in [0.1, 0.15) is 17.2 Å². The molecule has 158 valence electrons. The van der Waals surface area contributed by atoms with Gasteiger partial charge in [0.05, 0.1) is 25.5 Å². The van der Waals surface area contributed by atoms with Crippen molar-refractivity contribution in [3.8, 4) is 11.5 Å². The van der Waals surface area contributed by atoms with Crippen LogP contribution in [0.4, 0.5) is 5.69 Å². The summed E-state index contributed by atoms with van der Waals surface area (Å²) in [5, 5.41) is 1.92. The van der Waals surface area contributed by atoms with Crippen LogP contribution in [-0.4, -0.2) is 68.6 Å². The minimum absolute atomic E-state index is 0.309. The van der Waals surface area contributed by atoms with Crippen molar-refractivity contribution in [1.29, 1.82) is 0 Å². The summed E-state index contributed by atoms with van der Waals surface area (Å²) in [5.74, 6) is 0.381. The molecule has 2 amide bonds. The molecule has 4 rings (SSSR count). The molecular weight excluding hydrogens is 402 g/mol. The van der Waals surface area contributed by atoms with Crippen LogP contribution in [0.15, 0.2) is 41.4 Å². The largest absolute Gasteiger partial charge is 0.497 e. The number of imide groups is 1. The second-order valence-electron chi connectivity index (χ2n) is 7.11. The molecular formula is C22H25N3O4S. The van der Waals surface area contributed by atoms with Crippen molar-refractivity contribution >= 4 is 34.4 Å². The lowest BCUT2D eigenvalue weighted by molar-refractivity contribution is -0.120. The van der Waals surface area contributed by atoms with Crippen LogP contribution in [0, 0.1) is 0 Å². The maximum absolute atomic E-state index is 13.6. The van der Waals surface area contributed by atoms with Gasteiger partial charge in [0.25, 0.3) is 11.8 Å². The molecule has 0 spiro atoms. The van der Waals surface area contributed by atoms with Crippen molar-refractivity contribution < 1.29 is 19.1 Å². The van der Waals surface area contributed by atoms with E-state index in [4.69, 9.17) is 9.47 Å². The highest BCUT2D eigenvalue weighted by Crippen LogP contribution is 2.41. The Labute approximate surface area is 180 Å². The number of hydrogen-bond acceptors (Lipinski definition) is 7. The minimum Gasteiger partial charge on any atom is -0.497 e. The molecule has 1 aromatic carbocycles. The zero-order valence-electron chi connectivity index (χ0n) is 17.4. The van der Waals surface area contributed by atoms with Gasteiger partial charge in [-0.1, -0.05) is 13.0 Å². The first-order valence-corrected chi connectivity index (χ1v) is 10.8. The van der Waals surface area contributed by atoms with Crippen LogP contribution in [0.2, 0.25) is 0 Å². The molecule has 2 aromatic rings. The number of piperazine rings is 1. The predicted molar refractivity (Wildman–Crippen MR) is 117 cm³/mol. The Bertz CT molecular complexity index is 978. The Balaban J connectivity index is 1.76. The van der Waals surface area contributed by atoms with Crippen LogP contribution < -0.4 is 14.4 Å². The average Bonchev–Trinajstić information content (AvgIpc) is 3.39. The SMILES string of the molecule is CCN1CCN(C2=C(c3cccs3)C(=O)N(c3ccc(OC)cc3OC)C2=O)CC1. The summed E-state index contributed by atoms with van der Waals surface area (Å²) < 4.78 is 10.7. The van der Waals surface area contributed by atoms with Crippen molar-refractivity contribution in [2.75, 3.05) is 51.8 Å². The standard InChI is InChI=1S/C22H25N3O4S/c1-4-23-9-11-24(12-10-23)20-19(18-6-5-13-30-18)21(26)25(22(20)27)16-8-7-15(28-2)14-17(16)29-3/h5-8,13-14H,4,9-12H2,1-3H3. The lowest BCUT2D eigenvalue weighted by Gasteiger charge is -2.35. The Hall–Kier alpha value is -2.84. The number of ether oxygens (including phenoxy) is 2. The molecule has 30 heavy (non-hydrogen) atoms. The number of amides is 2. The van der Waals surface area contributed by atoms with E-state index < -0.39 is 0 Å². The zero-order chi connectivity index (χ0) is 21.3. The highest BCUT2D eigenvalue weighted by molar-refractivity contribution is 7.11. The van der Waals surface area contributed by atoms with Crippen LogP contribution in [-0.2, 0) is 9.59 Å². The first-order chi connectivity index (χ1) is 14.6. The second kappa shape index (κ2) is 8.49. The van der Waals surface area contributed by atoms with E-state index in [9.17, 15) is 9.59 Å². The number of benzene rings is 1. The Morgan fingerprint density at radius 2 is 1.77 bits per heavy atom. The Morgan fingerprint density at radius 1 is 1.00 bits per heavy atom. The first kappa shape index (κ1) is 20.4. The highest BCUT2D eigenvalue weighted by Gasteiger charge is 2.44. The zero-order valence-corrected chi connectivity index (χ0v) is 18.2. The van der Waals surface area contributed by atoms with Crippen LogP contribution in [0.1, 0.15) is 11.8 Å². The smallest absolute Gasteiger partial charge is 0.282 e. The summed E-state index contributed by atoms with van der Waals surface area (Å²) in [6, 6.07) is 8.88. The minimum atomic E-state index is -0.321. The van der Waals surface area contributed by atoms with Crippen LogP contribution >= 0.6 is 11.3 Å². The lowest BCUT2D eigenvalue weighted by Crippen LogP contribution is -2.47. The molecule has 0 N–H and O–H groups in total. The van der Waals surface area contributed by atoms with E-state index in [1.165, 1.54) is 23.3 Å². The average molecular weight is 428 g/mol. The van der Waals surface area contributed by atoms with Crippen LogP contribution in [0.3, 0.4) is 0 Å². The molecule has 7 nitrogen and oxygen atoms in total. The number of likely N-dealkylation sites (N-methyl/N-ethyl adjacent to an activating group) is 1. The summed E-state index contributed by atoms with van der Waals surface area (Å²) in [7, 11) is 3.08. The van der Waals surface area contributed by atoms with Crippen molar-refractivity contribution in [1.82, 2.24) is 9.80 Å². The van der Waals surface area contributed by atoms with Gasteiger partial charge >= 0.3 is 0 Å². The van der Waals surface area contributed by atoms with Gasteiger partial charge in [0.2, 0.25) is 0 Å². The third-order valence-corrected chi connectivity index (χ3v) is 6.48. The number of thiophene rings is 1. The molecule has 0 aliphatic carbocycles. The van der Waals surface area contributed by atoms with Gasteiger partial charge in [-0.3, -0.25) is 9.59 Å². The third-order valence-electron chi connectivity index (χ3n) is 5.59. The van der Waals surface area contributed by atoms with Gasteiger partial charge in [-0.2, -0.15) is 0 Å². The van der Waals surface area contributed by atoms with E-state index in [0.717, 1.165) is 24.5 Å². The predicted octanol–water partition coefficient (Wildman–Crippen LogP) is 2.69. The number of methoxy groups -OCH3 is 2. The molecule has 8 heteroatoms. The number of nitrogens with zero attached hydrogens (tertiary/aromatic N) is 3. The van der Waals surface area contributed by atoms with E-state index in [2.05, 4.69) is 16.7 Å². The number of rotatable bonds is 6. The fourth-order valence-electron chi connectivity index (χ4n) is 3.93. The molecule has 1 fully saturated rings. The maximum atomic E-state index is 13.6. The Kier molecular flexibility index (Phi) is 5.78. The molecule has 0 saturated carbocycles. The normalized spacial score (nSPS) is 17.8. The van der Waals surface area contributed by atoms with E-state index >= 15 is 0 Å². The first-order valence-electron chi connectivity index (χ1n) is 9.95. The van der Waals surface area contributed by atoms with E-state index in [-0.39, 0.29) is 11.8 Å². The van der Waals surface area contributed by atoms with Crippen molar-refractivity contribution in [2.24, 2.45) is 0 Å². The van der Waals surface area contributed by atoms with Gasteiger partial charge in [0, 0.05) is 37.1 Å². The topological polar surface area (TPSA) is 62.3 Å². The van der Waals surface area contributed by atoms with Gasteiger partial charge in [-0.05, 0) is 30.1 Å². The second-order valence-corrected chi connectivity index (χ2v) is 8.05. The van der Waals surface area contributed by atoms with Crippen molar-refractivity contribution in [3.05, 3.63) is 46.3 Å². The van der Waals surface area contributed by atoms with Crippen LogP contribution in [0.5, 0.6) is 11.5 Å². The Morgan fingerprint density at radius 3 is 2.37 bits per heavy atom. The summed E-state index contributed by atoms with van der Waals surface area (Å²) >= 11 is 1.47. The van der Waals surface area contributed by atoms with E-state index in [0.29, 0.717) is 41.5 Å². The van der Waals surface area contributed by atoms with Gasteiger partial charge in [0.15, 0.2) is 0 Å². The van der Waals surface area contributed by atoms with E-state index in [1.807, 2.05) is 17.5 Å². The third kappa shape index (κ3) is 3.46.